The van der Waals surface area contributed by atoms with Crippen molar-refractivity contribution in [2.75, 3.05) is 26.3 Å². The highest BCUT2D eigenvalue weighted by Crippen LogP contribution is 2.31. The van der Waals surface area contributed by atoms with Gasteiger partial charge in [0.05, 0.1) is 13.2 Å². The number of ether oxygens (including phenoxy) is 2. The van der Waals surface area contributed by atoms with Gasteiger partial charge in [-0.2, -0.15) is 4.31 Å². The lowest BCUT2D eigenvalue weighted by molar-refractivity contribution is -0.275. The molecule has 23 heavy (non-hydrogen) atoms. The molecular formula is C11H13BF3NO6S. The summed E-state index contributed by atoms with van der Waals surface area (Å²) in [6.07, 6.45) is -5.09. The summed E-state index contributed by atoms with van der Waals surface area (Å²) in [6.45, 7) is 0.160. The molecule has 2 rings (SSSR count). The van der Waals surface area contributed by atoms with E-state index in [1.54, 1.807) is 0 Å². The van der Waals surface area contributed by atoms with E-state index in [0.717, 1.165) is 22.5 Å². The van der Waals surface area contributed by atoms with Crippen molar-refractivity contribution in [2.45, 2.75) is 11.3 Å². The van der Waals surface area contributed by atoms with Gasteiger partial charge >= 0.3 is 13.5 Å². The third kappa shape index (κ3) is 4.35. The van der Waals surface area contributed by atoms with Crippen LogP contribution in [0, 0.1) is 0 Å². The molecule has 0 saturated carbocycles. The van der Waals surface area contributed by atoms with Crippen LogP contribution in [0.3, 0.4) is 0 Å². The Hall–Kier alpha value is -1.34. The summed E-state index contributed by atoms with van der Waals surface area (Å²) >= 11 is 0. The minimum atomic E-state index is -5.09. The Balaban J connectivity index is 2.49. The molecule has 12 heteroatoms. The van der Waals surface area contributed by atoms with Gasteiger partial charge in [0, 0.05) is 13.1 Å². The van der Waals surface area contributed by atoms with Crippen molar-refractivity contribution in [3.63, 3.8) is 0 Å². The summed E-state index contributed by atoms with van der Waals surface area (Å²) in [5, 5.41) is 18.2. The van der Waals surface area contributed by atoms with E-state index in [1.807, 2.05) is 0 Å². The van der Waals surface area contributed by atoms with Gasteiger partial charge in [-0.1, -0.05) is 6.07 Å². The normalized spacial score (nSPS) is 17.1. The lowest BCUT2D eigenvalue weighted by atomic mass is 9.80. The van der Waals surface area contributed by atoms with Crippen LogP contribution in [0.25, 0.3) is 0 Å². The van der Waals surface area contributed by atoms with E-state index in [0.29, 0.717) is 0 Å². The maximum atomic E-state index is 12.5. The summed E-state index contributed by atoms with van der Waals surface area (Å²) in [6, 6.07) is 2.41. The molecule has 1 heterocycles. The zero-order chi connectivity index (χ0) is 17.3. The monoisotopic (exact) mass is 355 g/mol. The smallest absolute Gasteiger partial charge is 0.423 e. The van der Waals surface area contributed by atoms with Crippen LogP contribution in [0.2, 0.25) is 0 Å². The molecule has 7 nitrogen and oxygen atoms in total. The third-order valence-electron chi connectivity index (χ3n) is 3.08. The number of nitrogens with zero attached hydrogens (tertiary/aromatic N) is 1. The molecule has 0 unspecified atom stereocenters. The average Bonchev–Trinajstić information content (AvgIpc) is 2.46. The lowest BCUT2D eigenvalue weighted by Gasteiger charge is -2.27. The molecule has 1 saturated heterocycles. The fourth-order valence-corrected chi connectivity index (χ4v) is 3.58. The van der Waals surface area contributed by atoms with Crippen LogP contribution in [0.5, 0.6) is 5.75 Å². The Morgan fingerprint density at radius 3 is 2.35 bits per heavy atom. The van der Waals surface area contributed by atoms with Crippen molar-refractivity contribution in [2.24, 2.45) is 0 Å². The van der Waals surface area contributed by atoms with Crippen LogP contribution in [0.15, 0.2) is 23.1 Å². The van der Waals surface area contributed by atoms with Gasteiger partial charge in [-0.25, -0.2) is 8.42 Å². The van der Waals surface area contributed by atoms with E-state index in [-0.39, 0.29) is 31.8 Å². The van der Waals surface area contributed by atoms with Crippen LogP contribution < -0.4 is 10.2 Å². The van der Waals surface area contributed by atoms with Gasteiger partial charge in [-0.15, -0.1) is 13.2 Å². The first kappa shape index (κ1) is 18.0. The molecule has 0 aliphatic carbocycles. The van der Waals surface area contributed by atoms with Crippen LogP contribution in [0.4, 0.5) is 13.2 Å². The maximum Gasteiger partial charge on any atom is 0.573 e. The van der Waals surface area contributed by atoms with E-state index in [9.17, 15) is 21.6 Å². The standard InChI is InChI=1S/C11H13BF3NO6S/c13-11(14,15)22-9-2-1-8(12(17)18)7-10(9)23(19,20)16-3-5-21-6-4-16/h1-2,7,17-18H,3-6H2. The molecule has 0 radical (unpaired) electrons. The molecule has 1 aromatic carbocycles. The number of halogens is 3. The summed E-state index contributed by atoms with van der Waals surface area (Å²) in [4.78, 5) is -0.790. The van der Waals surface area contributed by atoms with E-state index >= 15 is 0 Å². The molecule has 1 aromatic rings. The number of rotatable bonds is 4. The zero-order valence-corrected chi connectivity index (χ0v) is 12.5. The van der Waals surface area contributed by atoms with Crippen molar-refractivity contribution in [1.29, 1.82) is 0 Å². The number of benzene rings is 1. The third-order valence-corrected chi connectivity index (χ3v) is 5.00. The predicted molar refractivity (Wildman–Crippen MR) is 72.5 cm³/mol. The molecule has 0 atom stereocenters. The Kier molecular flexibility index (Phi) is 5.21. The van der Waals surface area contributed by atoms with Crippen molar-refractivity contribution in [3.05, 3.63) is 18.2 Å². The van der Waals surface area contributed by atoms with Gasteiger partial charge in [0.25, 0.3) is 0 Å². The van der Waals surface area contributed by atoms with Crippen molar-refractivity contribution in [3.8, 4) is 5.75 Å². The minimum absolute atomic E-state index is 0.0281. The quantitative estimate of drug-likeness (QED) is 0.693. The highest BCUT2D eigenvalue weighted by atomic mass is 32.2. The van der Waals surface area contributed by atoms with Gasteiger partial charge in [0.15, 0.2) is 0 Å². The molecule has 128 valence electrons. The number of sulfonamides is 1. The van der Waals surface area contributed by atoms with Gasteiger partial charge in [0.1, 0.15) is 10.6 Å². The Morgan fingerprint density at radius 1 is 1.22 bits per heavy atom. The number of alkyl halides is 3. The number of hydrogen-bond donors (Lipinski definition) is 2. The molecule has 0 amide bonds. The molecule has 0 spiro atoms. The molecule has 0 bridgehead atoms. The first-order valence-electron chi connectivity index (χ1n) is 6.45. The van der Waals surface area contributed by atoms with Gasteiger partial charge in [0.2, 0.25) is 10.0 Å². The largest absolute Gasteiger partial charge is 0.573 e. The van der Waals surface area contributed by atoms with E-state index in [4.69, 9.17) is 14.8 Å². The van der Waals surface area contributed by atoms with Crippen molar-refractivity contribution < 1.29 is 41.1 Å². The number of morpholine rings is 1. The van der Waals surface area contributed by atoms with E-state index in [1.165, 1.54) is 0 Å². The molecule has 1 aliphatic rings. The van der Waals surface area contributed by atoms with Crippen molar-refractivity contribution >= 4 is 22.6 Å². The van der Waals surface area contributed by atoms with Gasteiger partial charge in [-0.05, 0) is 17.6 Å². The fraction of sp³-hybridized carbons (Fsp3) is 0.455. The second-order valence-electron chi connectivity index (χ2n) is 4.64. The fourth-order valence-electron chi connectivity index (χ4n) is 2.02. The van der Waals surface area contributed by atoms with Crippen molar-refractivity contribution in [1.82, 2.24) is 4.31 Å². The number of hydrogen-bond acceptors (Lipinski definition) is 6. The van der Waals surface area contributed by atoms with Crippen LogP contribution in [0.1, 0.15) is 0 Å². The SMILES string of the molecule is O=S(=O)(c1cc(B(O)O)ccc1OC(F)(F)F)N1CCOCC1. The summed E-state index contributed by atoms with van der Waals surface area (Å²) in [7, 11) is -6.35. The van der Waals surface area contributed by atoms with Gasteiger partial charge in [-0.3, -0.25) is 0 Å². The Labute approximate surface area is 130 Å². The van der Waals surface area contributed by atoms with Gasteiger partial charge < -0.3 is 19.5 Å². The average molecular weight is 355 g/mol. The molecule has 0 aromatic heterocycles. The summed E-state index contributed by atoms with van der Waals surface area (Å²) in [5.74, 6) is -0.937. The first-order chi connectivity index (χ1) is 10.6. The predicted octanol–water partition coefficient (Wildman–Crippen LogP) is -0.714. The Bertz CT molecular complexity index is 660. The maximum absolute atomic E-state index is 12.5. The molecule has 1 aliphatic heterocycles. The lowest BCUT2D eigenvalue weighted by Crippen LogP contribution is -2.41. The molecular weight excluding hydrogens is 342 g/mol. The van der Waals surface area contributed by atoms with Crippen LogP contribution in [-0.2, 0) is 14.8 Å². The first-order valence-corrected chi connectivity index (χ1v) is 7.89. The highest BCUT2D eigenvalue weighted by molar-refractivity contribution is 7.89. The topological polar surface area (TPSA) is 96.3 Å². The second-order valence-corrected chi connectivity index (χ2v) is 6.55. The molecule has 1 fully saturated rings. The van der Waals surface area contributed by atoms with E-state index in [2.05, 4.69) is 4.74 Å². The van der Waals surface area contributed by atoms with Crippen LogP contribution >= 0.6 is 0 Å². The minimum Gasteiger partial charge on any atom is -0.423 e. The summed E-state index contributed by atoms with van der Waals surface area (Å²) < 4.78 is 72.1. The Morgan fingerprint density at radius 2 is 1.83 bits per heavy atom. The second kappa shape index (κ2) is 6.65. The van der Waals surface area contributed by atoms with Crippen LogP contribution in [-0.4, -0.2) is 62.6 Å². The highest BCUT2D eigenvalue weighted by Gasteiger charge is 2.36. The molecule has 2 N–H and O–H groups in total. The van der Waals surface area contributed by atoms with E-state index < -0.39 is 34.1 Å². The zero-order valence-electron chi connectivity index (χ0n) is 11.7. The summed E-state index contributed by atoms with van der Waals surface area (Å²) in [5.41, 5.74) is -0.272.